The van der Waals surface area contributed by atoms with Crippen LogP contribution in [0.15, 0.2) is 102 Å². The predicted molar refractivity (Wildman–Crippen MR) is 170 cm³/mol. The van der Waals surface area contributed by atoms with Crippen LogP contribution in [-0.4, -0.2) is 0 Å². The van der Waals surface area contributed by atoms with Gasteiger partial charge in [-0.25, -0.2) is 0 Å². The molecule has 2 heteroatoms. The van der Waals surface area contributed by atoms with Crippen LogP contribution in [0.5, 0.6) is 0 Å². The molecule has 0 radical (unpaired) electrons. The maximum atomic E-state index is 3.59. The van der Waals surface area contributed by atoms with E-state index < -0.39 is 0 Å². The maximum Gasteiger partial charge on any atom is 0.0540 e. The maximum absolute atomic E-state index is 3.59. The molecule has 0 heterocycles. The molecule has 0 aliphatic heterocycles. The highest BCUT2D eigenvalue weighted by Crippen LogP contribution is 2.41. The summed E-state index contributed by atoms with van der Waals surface area (Å²) >= 11 is 3.59. The first kappa shape index (κ1) is 28.2. The average molecular weight is 569 g/mol. The molecule has 4 aromatic rings. The summed E-state index contributed by atoms with van der Waals surface area (Å²) in [6, 6.07) is 35.9. The zero-order valence-corrected chi connectivity index (χ0v) is 24.7. The third-order valence-electron chi connectivity index (χ3n) is 7.33. The molecule has 1 nitrogen and oxygen atoms in total. The van der Waals surface area contributed by atoms with Crippen LogP contribution in [0.3, 0.4) is 0 Å². The Morgan fingerprint density at radius 1 is 0.526 bits per heavy atom. The van der Waals surface area contributed by atoms with E-state index in [9.17, 15) is 0 Å². The monoisotopic (exact) mass is 567 g/mol. The molecule has 0 bridgehead atoms. The molecular formula is C36H42BrN. The van der Waals surface area contributed by atoms with Gasteiger partial charge in [0.05, 0.1) is 5.69 Å². The van der Waals surface area contributed by atoms with Gasteiger partial charge < -0.3 is 4.90 Å². The van der Waals surface area contributed by atoms with Gasteiger partial charge in [-0.15, -0.1) is 0 Å². The zero-order chi connectivity index (χ0) is 26.6. The highest BCUT2D eigenvalue weighted by molar-refractivity contribution is 9.10. The van der Waals surface area contributed by atoms with Gasteiger partial charge in [0, 0.05) is 21.4 Å². The van der Waals surface area contributed by atoms with E-state index in [1.807, 2.05) is 0 Å². The van der Waals surface area contributed by atoms with Crippen molar-refractivity contribution in [3.05, 3.63) is 113 Å². The molecule has 0 aliphatic carbocycles. The fourth-order valence-corrected chi connectivity index (χ4v) is 5.37. The summed E-state index contributed by atoms with van der Waals surface area (Å²) in [5.41, 5.74) is 8.88. The van der Waals surface area contributed by atoms with Gasteiger partial charge in [0.1, 0.15) is 0 Å². The third kappa shape index (κ3) is 7.84. The summed E-state index contributed by atoms with van der Waals surface area (Å²) < 4.78 is 1.10. The van der Waals surface area contributed by atoms with Crippen LogP contribution in [0.2, 0.25) is 0 Å². The van der Waals surface area contributed by atoms with Crippen molar-refractivity contribution in [1.29, 1.82) is 0 Å². The summed E-state index contributed by atoms with van der Waals surface area (Å²) in [7, 11) is 0. The summed E-state index contributed by atoms with van der Waals surface area (Å²) in [6.45, 7) is 4.54. The first-order chi connectivity index (χ1) is 18.7. The number of hydrogen-bond donors (Lipinski definition) is 0. The lowest BCUT2D eigenvalue weighted by atomic mass is 10.0. The van der Waals surface area contributed by atoms with Crippen LogP contribution < -0.4 is 4.90 Å². The number of benzene rings is 4. The Balaban J connectivity index is 1.67. The van der Waals surface area contributed by atoms with Crippen LogP contribution in [-0.2, 0) is 12.8 Å². The topological polar surface area (TPSA) is 3.24 Å². The molecule has 4 rings (SSSR count). The minimum Gasteiger partial charge on any atom is -0.310 e. The molecule has 38 heavy (non-hydrogen) atoms. The Bertz CT molecular complexity index is 1170. The van der Waals surface area contributed by atoms with Crippen LogP contribution >= 0.6 is 15.9 Å². The standard InChI is InChI=1S/C36H42BrN/c1-3-5-7-9-13-29-17-25-33(26-18-29)38(34-27-19-30(20-28-34)14-10-8-6-4-2)36-16-12-11-15-35(36)31-21-23-32(37)24-22-31/h11-12,15-28H,3-10,13-14H2,1-2H3. The van der Waals surface area contributed by atoms with E-state index in [0.717, 1.165) is 17.3 Å². The van der Waals surface area contributed by atoms with E-state index in [0.29, 0.717) is 0 Å². The summed E-state index contributed by atoms with van der Waals surface area (Å²) in [4.78, 5) is 2.42. The Labute approximate surface area is 239 Å². The lowest BCUT2D eigenvalue weighted by Gasteiger charge is -2.28. The Hall–Kier alpha value is -2.84. The van der Waals surface area contributed by atoms with Gasteiger partial charge in [-0.3, -0.25) is 0 Å². The summed E-state index contributed by atoms with van der Waals surface area (Å²) in [5.74, 6) is 0. The van der Waals surface area contributed by atoms with E-state index in [1.165, 1.54) is 90.7 Å². The second-order valence-corrected chi connectivity index (χ2v) is 11.2. The number of halogens is 1. The van der Waals surface area contributed by atoms with Crippen molar-refractivity contribution < 1.29 is 0 Å². The lowest BCUT2D eigenvalue weighted by Crippen LogP contribution is -2.11. The number of rotatable bonds is 14. The van der Waals surface area contributed by atoms with Gasteiger partial charge in [-0.05, 0) is 84.8 Å². The van der Waals surface area contributed by atoms with Crippen molar-refractivity contribution >= 4 is 33.0 Å². The molecule has 4 aromatic carbocycles. The minimum absolute atomic E-state index is 1.10. The molecular weight excluding hydrogens is 526 g/mol. The number of hydrogen-bond acceptors (Lipinski definition) is 1. The first-order valence-corrected chi connectivity index (χ1v) is 15.3. The molecule has 0 aromatic heterocycles. The van der Waals surface area contributed by atoms with E-state index >= 15 is 0 Å². The Morgan fingerprint density at radius 2 is 1.03 bits per heavy atom. The zero-order valence-electron chi connectivity index (χ0n) is 23.1. The fraction of sp³-hybridized carbons (Fsp3) is 0.333. The summed E-state index contributed by atoms with van der Waals surface area (Å²) in [5, 5.41) is 0. The van der Waals surface area contributed by atoms with Gasteiger partial charge in [0.15, 0.2) is 0 Å². The van der Waals surface area contributed by atoms with Crippen LogP contribution in [0, 0.1) is 0 Å². The largest absolute Gasteiger partial charge is 0.310 e. The smallest absolute Gasteiger partial charge is 0.0540 e. The third-order valence-corrected chi connectivity index (χ3v) is 7.86. The predicted octanol–water partition coefficient (Wildman–Crippen LogP) is 11.8. The number of unbranched alkanes of at least 4 members (excludes halogenated alkanes) is 6. The molecule has 0 spiro atoms. The van der Waals surface area contributed by atoms with E-state index in [1.54, 1.807) is 0 Å². The van der Waals surface area contributed by atoms with Crippen molar-refractivity contribution in [3.63, 3.8) is 0 Å². The second-order valence-electron chi connectivity index (χ2n) is 10.3. The van der Waals surface area contributed by atoms with Gasteiger partial charge in [0.25, 0.3) is 0 Å². The molecule has 0 amide bonds. The highest BCUT2D eigenvalue weighted by Gasteiger charge is 2.17. The lowest BCUT2D eigenvalue weighted by molar-refractivity contribution is 0.667. The van der Waals surface area contributed by atoms with Gasteiger partial charge in [0.2, 0.25) is 0 Å². The Morgan fingerprint density at radius 3 is 1.53 bits per heavy atom. The number of para-hydroxylation sites is 1. The average Bonchev–Trinajstić information content (AvgIpc) is 2.96. The first-order valence-electron chi connectivity index (χ1n) is 14.5. The Kier molecular flexibility index (Phi) is 11.1. The SMILES string of the molecule is CCCCCCc1ccc(N(c2ccc(CCCCCC)cc2)c2ccccc2-c2ccc(Br)cc2)cc1. The van der Waals surface area contributed by atoms with Gasteiger partial charge >= 0.3 is 0 Å². The molecule has 198 valence electrons. The minimum atomic E-state index is 1.10. The summed E-state index contributed by atoms with van der Waals surface area (Å²) in [6.07, 6.45) is 12.7. The molecule has 0 unspecified atom stereocenters. The van der Waals surface area contributed by atoms with Crippen molar-refractivity contribution in [1.82, 2.24) is 0 Å². The number of nitrogens with zero attached hydrogens (tertiary/aromatic N) is 1. The highest BCUT2D eigenvalue weighted by atomic mass is 79.9. The van der Waals surface area contributed by atoms with Crippen LogP contribution in [0.4, 0.5) is 17.1 Å². The molecule has 0 N–H and O–H groups in total. The van der Waals surface area contributed by atoms with Gasteiger partial charge in [-0.2, -0.15) is 0 Å². The molecule has 0 fully saturated rings. The van der Waals surface area contributed by atoms with Crippen molar-refractivity contribution in [2.75, 3.05) is 4.90 Å². The fourth-order valence-electron chi connectivity index (χ4n) is 5.10. The van der Waals surface area contributed by atoms with Crippen molar-refractivity contribution in [3.8, 4) is 11.1 Å². The van der Waals surface area contributed by atoms with E-state index in [4.69, 9.17) is 0 Å². The molecule has 0 saturated carbocycles. The van der Waals surface area contributed by atoms with Gasteiger partial charge in [-0.1, -0.05) is 123 Å². The van der Waals surface area contributed by atoms with E-state index in [2.05, 4.69) is 132 Å². The van der Waals surface area contributed by atoms with E-state index in [-0.39, 0.29) is 0 Å². The normalized spacial score (nSPS) is 11.0. The number of aryl methyl sites for hydroxylation is 2. The molecule has 0 atom stereocenters. The number of anilines is 3. The quantitative estimate of drug-likeness (QED) is 0.137. The second kappa shape index (κ2) is 14.9. The van der Waals surface area contributed by atoms with Crippen LogP contribution in [0.1, 0.15) is 76.3 Å². The molecule has 0 aliphatic rings. The van der Waals surface area contributed by atoms with Crippen molar-refractivity contribution in [2.45, 2.75) is 78.1 Å². The van der Waals surface area contributed by atoms with Crippen LogP contribution in [0.25, 0.3) is 11.1 Å². The van der Waals surface area contributed by atoms with Crippen molar-refractivity contribution in [2.24, 2.45) is 0 Å². The molecule has 0 saturated heterocycles.